The van der Waals surface area contributed by atoms with Gasteiger partial charge in [0.2, 0.25) is 0 Å². The van der Waals surface area contributed by atoms with Crippen LogP contribution in [0.1, 0.15) is 29.2 Å². The molecule has 0 spiro atoms. The van der Waals surface area contributed by atoms with E-state index in [9.17, 15) is 4.79 Å². The second-order valence-corrected chi connectivity index (χ2v) is 6.37. The Morgan fingerprint density at radius 2 is 1.61 bits per heavy atom. The van der Waals surface area contributed by atoms with Crippen LogP contribution in [0.4, 0.5) is 0 Å². The van der Waals surface area contributed by atoms with Crippen LogP contribution in [-0.4, -0.2) is 24.8 Å². The van der Waals surface area contributed by atoms with Crippen molar-refractivity contribution >= 4 is 11.9 Å². The van der Waals surface area contributed by atoms with Gasteiger partial charge < -0.3 is 4.90 Å². The molecule has 23 heavy (non-hydrogen) atoms. The molecule has 0 fully saturated rings. The third-order valence-electron chi connectivity index (χ3n) is 3.90. The smallest absolute Gasteiger partial charge is 0.152 e. The summed E-state index contributed by atoms with van der Waals surface area (Å²) in [5.74, 6) is 0.0678. The van der Waals surface area contributed by atoms with Crippen LogP contribution >= 0.6 is 0 Å². The van der Waals surface area contributed by atoms with E-state index in [4.69, 9.17) is 0 Å². The normalized spacial score (nSPS) is 11.4. The monoisotopic (exact) mass is 307 g/mol. The summed E-state index contributed by atoms with van der Waals surface area (Å²) >= 11 is 0. The van der Waals surface area contributed by atoms with Gasteiger partial charge in [-0.25, -0.2) is 0 Å². The molecule has 0 aliphatic rings. The van der Waals surface area contributed by atoms with Crippen LogP contribution in [0.25, 0.3) is 17.2 Å². The largest absolute Gasteiger partial charge is 0.305 e. The predicted octanol–water partition coefficient (Wildman–Crippen LogP) is 4.63. The molecule has 0 aliphatic heterocycles. The number of benzene rings is 2. The zero-order chi connectivity index (χ0) is 17.0. The van der Waals surface area contributed by atoms with Crippen LogP contribution in [-0.2, 0) is 11.3 Å². The molecule has 2 heteroatoms. The molecule has 0 heterocycles. The first-order valence-corrected chi connectivity index (χ1v) is 7.91. The highest BCUT2D eigenvalue weighted by Crippen LogP contribution is 2.31. The molecule has 0 saturated heterocycles. The van der Waals surface area contributed by atoms with Crippen molar-refractivity contribution in [3.05, 3.63) is 64.7 Å². The first-order valence-electron chi connectivity index (χ1n) is 7.91. The minimum absolute atomic E-state index is 0.0678. The molecule has 2 aromatic carbocycles. The summed E-state index contributed by atoms with van der Waals surface area (Å²) in [7, 11) is 4.15. The van der Waals surface area contributed by atoms with Gasteiger partial charge in [-0.05, 0) is 74.3 Å². The number of hydrogen-bond donors (Lipinski definition) is 0. The average Bonchev–Trinajstić information content (AvgIpc) is 2.48. The van der Waals surface area contributed by atoms with Gasteiger partial charge >= 0.3 is 0 Å². The van der Waals surface area contributed by atoms with Crippen LogP contribution < -0.4 is 0 Å². The van der Waals surface area contributed by atoms with Crippen LogP contribution in [0.2, 0.25) is 0 Å². The van der Waals surface area contributed by atoms with Crippen molar-refractivity contribution in [3.8, 4) is 11.1 Å². The van der Waals surface area contributed by atoms with Gasteiger partial charge in [0.15, 0.2) is 5.78 Å². The molecule has 2 nitrogen and oxygen atoms in total. The quantitative estimate of drug-likeness (QED) is 0.750. The number of allylic oxidation sites excluding steroid dienone is 1. The zero-order valence-corrected chi connectivity index (χ0v) is 14.7. The highest BCUT2D eigenvalue weighted by molar-refractivity contribution is 5.93. The average molecular weight is 307 g/mol. The van der Waals surface area contributed by atoms with E-state index in [0.29, 0.717) is 0 Å². The van der Waals surface area contributed by atoms with E-state index in [-0.39, 0.29) is 5.78 Å². The van der Waals surface area contributed by atoms with Gasteiger partial charge in [0.05, 0.1) is 0 Å². The number of carbonyl (C=O) groups excluding carboxylic acids is 1. The van der Waals surface area contributed by atoms with Crippen LogP contribution in [0.15, 0.2) is 42.5 Å². The van der Waals surface area contributed by atoms with E-state index in [1.54, 1.807) is 13.0 Å². The van der Waals surface area contributed by atoms with E-state index >= 15 is 0 Å². The lowest BCUT2D eigenvalue weighted by Gasteiger charge is -2.15. The SMILES string of the molecule is CC(=O)/C=C\c1c(C)ccc(C)c1-c1ccc(CN(C)C)cc1. The van der Waals surface area contributed by atoms with Gasteiger partial charge in [-0.2, -0.15) is 0 Å². The molecule has 0 unspecified atom stereocenters. The molecule has 0 bridgehead atoms. The molecule has 0 radical (unpaired) electrons. The van der Waals surface area contributed by atoms with Gasteiger partial charge in [0.25, 0.3) is 0 Å². The van der Waals surface area contributed by atoms with Gasteiger partial charge in [-0.1, -0.05) is 42.5 Å². The standard InChI is InChI=1S/C21H25NO/c1-15-6-7-16(2)21(20(15)13-8-17(3)23)19-11-9-18(10-12-19)14-22(4)5/h6-13H,14H2,1-5H3/b13-8-. The third kappa shape index (κ3) is 4.40. The maximum atomic E-state index is 11.3. The van der Waals surface area contributed by atoms with Crippen LogP contribution in [0.5, 0.6) is 0 Å². The Kier molecular flexibility index (Phi) is 5.51. The first kappa shape index (κ1) is 17.2. The fourth-order valence-corrected chi connectivity index (χ4v) is 2.77. The summed E-state index contributed by atoms with van der Waals surface area (Å²) in [6.07, 6.45) is 3.58. The fraction of sp³-hybridized carbons (Fsp3) is 0.286. The Hall–Kier alpha value is -2.19. The molecule has 0 atom stereocenters. The highest BCUT2D eigenvalue weighted by Gasteiger charge is 2.09. The Labute approximate surface area is 139 Å². The Bertz CT molecular complexity index is 724. The van der Waals surface area contributed by atoms with Crippen LogP contribution in [0, 0.1) is 13.8 Å². The van der Waals surface area contributed by atoms with Crippen molar-refractivity contribution in [1.29, 1.82) is 0 Å². The molecule has 0 aliphatic carbocycles. The van der Waals surface area contributed by atoms with E-state index in [1.165, 1.54) is 27.8 Å². The minimum atomic E-state index is 0.0678. The lowest BCUT2D eigenvalue weighted by atomic mass is 9.91. The third-order valence-corrected chi connectivity index (χ3v) is 3.90. The maximum absolute atomic E-state index is 11.3. The molecule has 2 rings (SSSR count). The minimum Gasteiger partial charge on any atom is -0.305 e. The van der Waals surface area contributed by atoms with Gasteiger partial charge in [-0.3, -0.25) is 4.79 Å². The van der Waals surface area contributed by atoms with E-state index in [2.05, 4.69) is 69.2 Å². The topological polar surface area (TPSA) is 20.3 Å². The lowest BCUT2D eigenvalue weighted by molar-refractivity contribution is -0.112. The van der Waals surface area contributed by atoms with Crippen molar-refractivity contribution < 1.29 is 4.79 Å². The summed E-state index contributed by atoms with van der Waals surface area (Å²) in [5.41, 5.74) is 7.22. The Morgan fingerprint density at radius 1 is 1.00 bits per heavy atom. The fourth-order valence-electron chi connectivity index (χ4n) is 2.77. The highest BCUT2D eigenvalue weighted by atomic mass is 16.1. The van der Waals surface area contributed by atoms with Crippen molar-refractivity contribution in [2.75, 3.05) is 14.1 Å². The molecular formula is C21H25NO. The number of ketones is 1. The summed E-state index contributed by atoms with van der Waals surface area (Å²) in [6.45, 7) is 6.72. The summed E-state index contributed by atoms with van der Waals surface area (Å²) in [5, 5.41) is 0. The summed E-state index contributed by atoms with van der Waals surface area (Å²) < 4.78 is 0. The molecular weight excluding hydrogens is 282 g/mol. The van der Waals surface area contributed by atoms with Crippen LogP contribution in [0.3, 0.4) is 0 Å². The van der Waals surface area contributed by atoms with Gasteiger partial charge in [0.1, 0.15) is 0 Å². The summed E-state index contributed by atoms with van der Waals surface area (Å²) in [4.78, 5) is 13.5. The number of rotatable bonds is 5. The van der Waals surface area contributed by atoms with E-state index < -0.39 is 0 Å². The van der Waals surface area contributed by atoms with Gasteiger partial charge in [0, 0.05) is 6.54 Å². The van der Waals surface area contributed by atoms with Gasteiger partial charge in [-0.15, -0.1) is 0 Å². The lowest BCUT2D eigenvalue weighted by Crippen LogP contribution is -2.10. The van der Waals surface area contributed by atoms with Crippen molar-refractivity contribution in [3.63, 3.8) is 0 Å². The summed E-state index contributed by atoms with van der Waals surface area (Å²) in [6, 6.07) is 12.9. The molecule has 0 saturated carbocycles. The van der Waals surface area contributed by atoms with Crippen molar-refractivity contribution in [2.45, 2.75) is 27.3 Å². The molecule has 0 aromatic heterocycles. The van der Waals surface area contributed by atoms with E-state index in [1.807, 2.05) is 6.08 Å². The number of carbonyl (C=O) groups is 1. The Morgan fingerprint density at radius 3 is 2.17 bits per heavy atom. The molecule has 0 amide bonds. The molecule has 2 aromatic rings. The number of hydrogen-bond acceptors (Lipinski definition) is 2. The van der Waals surface area contributed by atoms with E-state index in [0.717, 1.165) is 12.1 Å². The second kappa shape index (κ2) is 7.38. The molecule has 120 valence electrons. The Balaban J connectivity index is 2.49. The maximum Gasteiger partial charge on any atom is 0.152 e. The molecule has 0 N–H and O–H groups in total. The predicted molar refractivity (Wildman–Crippen MR) is 98.5 cm³/mol. The second-order valence-electron chi connectivity index (χ2n) is 6.37. The van der Waals surface area contributed by atoms with Crippen molar-refractivity contribution in [2.24, 2.45) is 0 Å². The van der Waals surface area contributed by atoms with Crippen molar-refractivity contribution in [1.82, 2.24) is 4.90 Å². The number of nitrogens with zero attached hydrogens (tertiary/aromatic N) is 1. The number of aryl methyl sites for hydroxylation is 2. The zero-order valence-electron chi connectivity index (χ0n) is 14.7. The first-order chi connectivity index (χ1) is 10.9.